The zero-order valence-corrected chi connectivity index (χ0v) is 18.8. The van der Waals surface area contributed by atoms with Crippen LogP contribution in [0, 0.1) is 5.82 Å². The number of carbonyl (C=O) groups excluding carboxylic acids is 1. The summed E-state index contributed by atoms with van der Waals surface area (Å²) in [5.41, 5.74) is 2.49. The van der Waals surface area contributed by atoms with Crippen LogP contribution in [0.5, 0.6) is 5.75 Å². The Morgan fingerprint density at radius 2 is 2.00 bits per heavy atom. The summed E-state index contributed by atoms with van der Waals surface area (Å²) < 4.78 is 26.2. The molecule has 6 nitrogen and oxygen atoms in total. The van der Waals surface area contributed by atoms with Crippen LogP contribution in [0.2, 0.25) is 5.02 Å². The molecule has 0 saturated heterocycles. The van der Waals surface area contributed by atoms with Gasteiger partial charge in [-0.3, -0.25) is 9.48 Å². The fourth-order valence-electron chi connectivity index (χ4n) is 3.30. The number of anilines is 1. The highest BCUT2D eigenvalue weighted by Gasteiger charge is 2.13. The first-order chi connectivity index (χ1) is 16.0. The van der Waals surface area contributed by atoms with Crippen LogP contribution in [-0.4, -0.2) is 15.7 Å². The molecule has 2 aromatic heterocycles. The van der Waals surface area contributed by atoms with Crippen molar-refractivity contribution in [2.24, 2.45) is 0 Å². The number of nitrogens with zero attached hydrogens (tertiary/aromatic N) is 2. The minimum absolute atomic E-state index is 0.168. The van der Waals surface area contributed by atoms with E-state index in [9.17, 15) is 9.18 Å². The highest BCUT2D eigenvalue weighted by Crippen LogP contribution is 2.20. The second kappa shape index (κ2) is 10.4. The number of benzene rings is 2. The molecule has 4 aromatic rings. The number of carbonyl (C=O) groups is 1. The average molecular weight is 468 g/mol. The van der Waals surface area contributed by atoms with Crippen molar-refractivity contribution >= 4 is 23.2 Å². The zero-order chi connectivity index (χ0) is 23.2. The van der Waals surface area contributed by atoms with Gasteiger partial charge in [-0.05, 0) is 53.9 Å². The Hall–Kier alpha value is -3.58. The maximum atomic E-state index is 13.2. The molecule has 8 heteroatoms. The number of amides is 1. The van der Waals surface area contributed by atoms with Crippen molar-refractivity contribution in [2.75, 3.05) is 5.32 Å². The summed E-state index contributed by atoms with van der Waals surface area (Å²) in [5, 5.41) is 7.27. The standard InChI is InChI=1S/C25H23ClFN3O3/c1-2-3-17-4-8-21(9-5-17)32-16-22-10-11-24(33-22)25(31)29-20-13-28-30(15-20)14-18-6-7-19(27)12-23(18)26/h4-13,15H,2-3,14,16H2,1H3,(H,29,31). The van der Waals surface area contributed by atoms with Crippen LogP contribution in [0.4, 0.5) is 10.1 Å². The number of hydrogen-bond donors (Lipinski definition) is 1. The summed E-state index contributed by atoms with van der Waals surface area (Å²) in [6.45, 7) is 2.71. The number of aromatic nitrogens is 2. The van der Waals surface area contributed by atoms with Crippen molar-refractivity contribution in [2.45, 2.75) is 32.9 Å². The zero-order valence-electron chi connectivity index (χ0n) is 18.1. The highest BCUT2D eigenvalue weighted by molar-refractivity contribution is 6.31. The quantitative estimate of drug-likeness (QED) is 0.323. The smallest absolute Gasteiger partial charge is 0.291 e. The number of aryl methyl sites for hydroxylation is 1. The predicted molar refractivity (Wildman–Crippen MR) is 124 cm³/mol. The van der Waals surface area contributed by atoms with Gasteiger partial charge in [0.15, 0.2) is 5.76 Å². The van der Waals surface area contributed by atoms with E-state index in [1.165, 1.54) is 23.9 Å². The first kappa shape index (κ1) is 22.6. The van der Waals surface area contributed by atoms with Crippen LogP contribution in [0.1, 0.15) is 40.8 Å². The Morgan fingerprint density at radius 3 is 2.76 bits per heavy atom. The molecule has 0 aliphatic heterocycles. The molecule has 1 N–H and O–H groups in total. The lowest BCUT2D eigenvalue weighted by molar-refractivity contribution is 0.0992. The Bertz CT molecular complexity index is 1230. The van der Waals surface area contributed by atoms with E-state index >= 15 is 0 Å². The lowest BCUT2D eigenvalue weighted by Gasteiger charge is -2.05. The Balaban J connectivity index is 1.31. The number of rotatable bonds is 9. The van der Waals surface area contributed by atoms with Gasteiger partial charge in [0.25, 0.3) is 5.91 Å². The second-order valence-corrected chi connectivity index (χ2v) is 7.97. The van der Waals surface area contributed by atoms with Gasteiger partial charge in [-0.2, -0.15) is 5.10 Å². The van der Waals surface area contributed by atoms with Gasteiger partial charge in [0.2, 0.25) is 0 Å². The van der Waals surface area contributed by atoms with E-state index < -0.39 is 11.7 Å². The van der Waals surface area contributed by atoms with Gasteiger partial charge in [-0.15, -0.1) is 0 Å². The third-order valence-electron chi connectivity index (χ3n) is 4.97. The summed E-state index contributed by atoms with van der Waals surface area (Å²) in [6, 6.07) is 15.5. The molecule has 170 valence electrons. The molecule has 0 unspecified atom stereocenters. The molecule has 4 rings (SSSR count). The molecular weight excluding hydrogens is 445 g/mol. The van der Waals surface area contributed by atoms with Crippen molar-refractivity contribution in [1.29, 1.82) is 0 Å². The number of halogens is 2. The molecule has 0 fully saturated rings. The largest absolute Gasteiger partial charge is 0.486 e. The normalized spacial score (nSPS) is 10.9. The summed E-state index contributed by atoms with van der Waals surface area (Å²) in [7, 11) is 0. The highest BCUT2D eigenvalue weighted by atomic mass is 35.5. The van der Waals surface area contributed by atoms with Crippen molar-refractivity contribution in [3.63, 3.8) is 0 Å². The number of ether oxygens (including phenoxy) is 1. The maximum Gasteiger partial charge on any atom is 0.291 e. The molecule has 0 radical (unpaired) electrons. The summed E-state index contributed by atoms with van der Waals surface area (Å²) in [5.74, 6) is 0.654. The molecule has 0 saturated carbocycles. The average Bonchev–Trinajstić information content (AvgIpc) is 3.45. The van der Waals surface area contributed by atoms with E-state index in [2.05, 4.69) is 17.3 Å². The monoisotopic (exact) mass is 467 g/mol. The number of nitrogens with one attached hydrogen (secondary N) is 1. The van der Waals surface area contributed by atoms with Crippen molar-refractivity contribution in [1.82, 2.24) is 9.78 Å². The Morgan fingerprint density at radius 1 is 1.18 bits per heavy atom. The van der Waals surface area contributed by atoms with Crippen LogP contribution >= 0.6 is 11.6 Å². The van der Waals surface area contributed by atoms with Crippen molar-refractivity contribution in [3.8, 4) is 5.75 Å². The Kier molecular flexibility index (Phi) is 7.10. The summed E-state index contributed by atoms with van der Waals surface area (Å²) in [4.78, 5) is 12.5. The fourth-order valence-corrected chi connectivity index (χ4v) is 3.53. The summed E-state index contributed by atoms with van der Waals surface area (Å²) >= 11 is 6.06. The minimum Gasteiger partial charge on any atom is -0.486 e. The van der Waals surface area contributed by atoms with Gasteiger partial charge in [-0.1, -0.05) is 43.1 Å². The minimum atomic E-state index is -0.399. The molecule has 1 amide bonds. The SMILES string of the molecule is CCCc1ccc(OCc2ccc(C(=O)Nc3cnn(Cc4ccc(F)cc4Cl)c3)o2)cc1. The van der Waals surface area contributed by atoms with Crippen LogP contribution < -0.4 is 10.1 Å². The lowest BCUT2D eigenvalue weighted by Crippen LogP contribution is -2.10. The third kappa shape index (κ3) is 6.02. The molecule has 0 spiro atoms. The topological polar surface area (TPSA) is 69.3 Å². The fraction of sp³-hybridized carbons (Fsp3) is 0.200. The van der Waals surface area contributed by atoms with Crippen LogP contribution in [-0.2, 0) is 19.6 Å². The molecule has 0 aliphatic carbocycles. The maximum absolute atomic E-state index is 13.2. The molecule has 2 heterocycles. The van der Waals surface area contributed by atoms with Gasteiger partial charge in [0.1, 0.15) is 23.9 Å². The molecule has 0 atom stereocenters. The van der Waals surface area contributed by atoms with Gasteiger partial charge >= 0.3 is 0 Å². The number of hydrogen-bond acceptors (Lipinski definition) is 4. The lowest BCUT2D eigenvalue weighted by atomic mass is 10.1. The van der Waals surface area contributed by atoms with Gasteiger partial charge in [0.05, 0.1) is 18.4 Å². The van der Waals surface area contributed by atoms with E-state index in [-0.39, 0.29) is 12.4 Å². The van der Waals surface area contributed by atoms with E-state index in [1.54, 1.807) is 29.1 Å². The molecule has 2 aromatic carbocycles. The first-order valence-corrected chi connectivity index (χ1v) is 11.0. The van der Waals surface area contributed by atoms with Crippen LogP contribution in [0.15, 0.2) is 71.4 Å². The van der Waals surface area contributed by atoms with E-state index in [4.69, 9.17) is 20.8 Å². The van der Waals surface area contributed by atoms with E-state index in [0.717, 1.165) is 24.2 Å². The molecular formula is C25H23ClFN3O3. The van der Waals surface area contributed by atoms with Crippen molar-refractivity contribution < 1.29 is 18.3 Å². The van der Waals surface area contributed by atoms with Gasteiger partial charge in [-0.25, -0.2) is 4.39 Å². The Labute approximate surface area is 195 Å². The number of furan rings is 1. The molecule has 0 bridgehead atoms. The van der Waals surface area contributed by atoms with E-state index in [0.29, 0.717) is 23.0 Å². The first-order valence-electron chi connectivity index (χ1n) is 10.6. The predicted octanol–water partition coefficient (Wildman–Crippen LogP) is 6.10. The van der Waals surface area contributed by atoms with E-state index in [1.807, 2.05) is 24.3 Å². The van der Waals surface area contributed by atoms with Crippen LogP contribution in [0.25, 0.3) is 0 Å². The van der Waals surface area contributed by atoms with Crippen molar-refractivity contribution in [3.05, 3.63) is 100 Å². The van der Waals surface area contributed by atoms with Gasteiger partial charge in [0, 0.05) is 11.2 Å². The molecule has 33 heavy (non-hydrogen) atoms. The summed E-state index contributed by atoms with van der Waals surface area (Å²) in [6.07, 6.45) is 5.31. The van der Waals surface area contributed by atoms with Crippen LogP contribution in [0.3, 0.4) is 0 Å². The molecule has 0 aliphatic rings. The van der Waals surface area contributed by atoms with Gasteiger partial charge < -0.3 is 14.5 Å². The third-order valence-corrected chi connectivity index (χ3v) is 5.32. The second-order valence-electron chi connectivity index (χ2n) is 7.57.